The molecular weight excluding hydrogens is 288 g/mol. The van der Waals surface area contributed by atoms with Crippen LogP contribution < -0.4 is 10.1 Å². The first-order chi connectivity index (χ1) is 9.94. The van der Waals surface area contributed by atoms with Crippen LogP contribution in [0, 0.1) is 0 Å². The van der Waals surface area contributed by atoms with Gasteiger partial charge in [0, 0.05) is 31.6 Å². The number of hydrogen-bond donors (Lipinski definition) is 1. The molecule has 1 saturated heterocycles. The molecule has 1 aliphatic heterocycles. The van der Waals surface area contributed by atoms with E-state index < -0.39 is 0 Å². The molecule has 0 bridgehead atoms. The molecule has 21 heavy (non-hydrogen) atoms. The molecule has 2 atom stereocenters. The Labute approximate surface area is 132 Å². The minimum Gasteiger partial charge on any atom is -0.473 e. The summed E-state index contributed by atoms with van der Waals surface area (Å²) in [7, 11) is 0. The number of halogens is 1. The van der Waals surface area contributed by atoms with E-state index >= 15 is 0 Å². The fourth-order valence-electron chi connectivity index (χ4n) is 2.57. The summed E-state index contributed by atoms with van der Waals surface area (Å²) < 4.78 is 11.7. The predicted molar refractivity (Wildman–Crippen MR) is 84.9 cm³/mol. The van der Waals surface area contributed by atoms with E-state index in [4.69, 9.17) is 21.1 Å². The summed E-state index contributed by atoms with van der Waals surface area (Å²) in [4.78, 5) is 4.37. The maximum Gasteiger partial charge on any atom is 0.232 e. The van der Waals surface area contributed by atoms with Crippen LogP contribution in [0.4, 0.5) is 0 Å². The average molecular weight is 313 g/mol. The summed E-state index contributed by atoms with van der Waals surface area (Å²) in [6.07, 6.45) is 4.12. The summed E-state index contributed by atoms with van der Waals surface area (Å²) in [5.74, 6) is 0.524. The van der Waals surface area contributed by atoms with Gasteiger partial charge in [-0.25, -0.2) is 4.98 Å². The highest BCUT2D eigenvalue weighted by atomic mass is 35.5. The molecule has 118 valence electrons. The molecular formula is C16H25ClN2O2. The molecule has 1 N–H and O–H groups in total. The molecule has 2 heterocycles. The highest BCUT2D eigenvalue weighted by molar-refractivity contribution is 6.31. The monoisotopic (exact) mass is 312 g/mol. The molecule has 1 aromatic heterocycles. The molecule has 1 aliphatic rings. The summed E-state index contributed by atoms with van der Waals surface area (Å²) in [6, 6.07) is 2.36. The van der Waals surface area contributed by atoms with E-state index in [0.717, 1.165) is 24.9 Å². The zero-order chi connectivity index (χ0) is 15.4. The van der Waals surface area contributed by atoms with E-state index in [-0.39, 0.29) is 18.3 Å². The third kappa shape index (κ3) is 5.13. The van der Waals surface area contributed by atoms with Crippen molar-refractivity contribution in [3.05, 3.63) is 22.8 Å². The minimum atomic E-state index is 0.119. The molecule has 4 nitrogen and oxygen atoms in total. The lowest BCUT2D eigenvalue weighted by molar-refractivity contribution is -0.0729. The van der Waals surface area contributed by atoms with Crippen molar-refractivity contribution in [2.75, 3.05) is 0 Å². The van der Waals surface area contributed by atoms with Crippen molar-refractivity contribution in [3.8, 4) is 5.88 Å². The van der Waals surface area contributed by atoms with Gasteiger partial charge in [0.25, 0.3) is 0 Å². The van der Waals surface area contributed by atoms with Crippen molar-refractivity contribution >= 4 is 11.6 Å². The first-order valence-electron chi connectivity index (χ1n) is 7.64. The van der Waals surface area contributed by atoms with Crippen molar-refractivity contribution in [2.45, 2.75) is 71.4 Å². The van der Waals surface area contributed by atoms with Crippen LogP contribution in [0.1, 0.15) is 46.1 Å². The lowest BCUT2D eigenvalue weighted by atomic mass is 10.0. The second kappa shape index (κ2) is 7.43. The molecule has 2 unspecified atom stereocenters. The summed E-state index contributed by atoms with van der Waals surface area (Å²) in [6.45, 7) is 9.12. The van der Waals surface area contributed by atoms with Crippen LogP contribution >= 0.6 is 11.6 Å². The largest absolute Gasteiger partial charge is 0.473 e. The number of hydrogen-bond acceptors (Lipinski definition) is 4. The normalized spacial score (nSPS) is 26.1. The van der Waals surface area contributed by atoms with E-state index in [1.807, 2.05) is 12.3 Å². The number of nitrogens with zero attached hydrogens (tertiary/aromatic N) is 1. The molecule has 0 amide bonds. The fraction of sp³-hybridized carbons (Fsp3) is 0.688. The lowest BCUT2D eigenvalue weighted by Crippen LogP contribution is -2.35. The van der Waals surface area contributed by atoms with Crippen LogP contribution in [0.2, 0.25) is 5.02 Å². The highest BCUT2D eigenvalue weighted by Gasteiger charge is 2.26. The SMILES string of the molecule is CC(C)NCc1cnc(OC2CC(C)OC(C)C2)c(Cl)c1. The van der Waals surface area contributed by atoms with Gasteiger partial charge >= 0.3 is 0 Å². The predicted octanol–water partition coefficient (Wildman–Crippen LogP) is 3.57. The van der Waals surface area contributed by atoms with Crippen LogP contribution in [0.15, 0.2) is 12.3 Å². The van der Waals surface area contributed by atoms with Gasteiger partial charge in [0.1, 0.15) is 11.1 Å². The van der Waals surface area contributed by atoms with Gasteiger partial charge < -0.3 is 14.8 Å². The summed E-state index contributed by atoms with van der Waals surface area (Å²) in [5, 5.41) is 3.92. The van der Waals surface area contributed by atoms with Gasteiger partial charge in [0.05, 0.1) is 12.2 Å². The summed E-state index contributed by atoms with van der Waals surface area (Å²) in [5.41, 5.74) is 1.06. The van der Waals surface area contributed by atoms with E-state index in [2.05, 4.69) is 38.0 Å². The summed E-state index contributed by atoms with van der Waals surface area (Å²) >= 11 is 6.29. The number of ether oxygens (including phenoxy) is 2. The van der Waals surface area contributed by atoms with Gasteiger partial charge in [-0.3, -0.25) is 0 Å². The number of nitrogens with one attached hydrogen (secondary N) is 1. The molecule has 0 radical (unpaired) electrons. The van der Waals surface area contributed by atoms with Crippen molar-refractivity contribution in [3.63, 3.8) is 0 Å². The smallest absolute Gasteiger partial charge is 0.232 e. The van der Waals surface area contributed by atoms with Crippen LogP contribution in [0.3, 0.4) is 0 Å². The van der Waals surface area contributed by atoms with Crippen LogP contribution in [0.5, 0.6) is 5.88 Å². The van der Waals surface area contributed by atoms with Gasteiger partial charge in [-0.05, 0) is 25.5 Å². The minimum absolute atomic E-state index is 0.119. The second-order valence-corrected chi connectivity index (χ2v) is 6.54. The fourth-order valence-corrected chi connectivity index (χ4v) is 2.80. The molecule has 0 saturated carbocycles. The molecule has 5 heteroatoms. The zero-order valence-electron chi connectivity index (χ0n) is 13.2. The Morgan fingerprint density at radius 1 is 1.38 bits per heavy atom. The van der Waals surface area contributed by atoms with E-state index in [1.165, 1.54) is 0 Å². The van der Waals surface area contributed by atoms with Crippen molar-refractivity contribution < 1.29 is 9.47 Å². The third-order valence-electron chi connectivity index (χ3n) is 3.51. The molecule has 0 spiro atoms. The first kappa shape index (κ1) is 16.5. The first-order valence-corrected chi connectivity index (χ1v) is 8.01. The maximum absolute atomic E-state index is 6.29. The quantitative estimate of drug-likeness (QED) is 0.902. The Kier molecular flexibility index (Phi) is 5.85. The van der Waals surface area contributed by atoms with Crippen molar-refractivity contribution in [2.24, 2.45) is 0 Å². The van der Waals surface area contributed by atoms with Crippen LogP contribution in [-0.4, -0.2) is 29.3 Å². The Hall–Kier alpha value is -0.840. The van der Waals surface area contributed by atoms with Gasteiger partial charge in [-0.1, -0.05) is 25.4 Å². The van der Waals surface area contributed by atoms with Gasteiger partial charge in [0.2, 0.25) is 5.88 Å². The van der Waals surface area contributed by atoms with Gasteiger partial charge in [-0.2, -0.15) is 0 Å². The average Bonchev–Trinajstić information content (AvgIpc) is 2.38. The topological polar surface area (TPSA) is 43.4 Å². The Bertz CT molecular complexity index is 458. The molecule has 2 rings (SSSR count). The standard InChI is InChI=1S/C16H25ClN2O2/c1-10(2)18-8-13-7-15(17)16(19-9-13)21-14-5-11(3)20-12(4)6-14/h7,9-12,14,18H,5-6,8H2,1-4H3. The Morgan fingerprint density at radius 2 is 2.05 bits per heavy atom. The zero-order valence-corrected chi connectivity index (χ0v) is 14.0. The van der Waals surface area contributed by atoms with Crippen molar-refractivity contribution in [1.82, 2.24) is 10.3 Å². The molecule has 1 fully saturated rings. The molecule has 0 aliphatic carbocycles. The van der Waals surface area contributed by atoms with Crippen LogP contribution in [-0.2, 0) is 11.3 Å². The molecule has 1 aromatic rings. The molecule has 0 aromatic carbocycles. The number of rotatable bonds is 5. The van der Waals surface area contributed by atoms with Gasteiger partial charge in [0.15, 0.2) is 0 Å². The van der Waals surface area contributed by atoms with Gasteiger partial charge in [-0.15, -0.1) is 0 Å². The lowest BCUT2D eigenvalue weighted by Gasteiger charge is -2.32. The van der Waals surface area contributed by atoms with E-state index in [0.29, 0.717) is 16.9 Å². The second-order valence-electron chi connectivity index (χ2n) is 6.13. The van der Waals surface area contributed by atoms with Crippen molar-refractivity contribution in [1.29, 1.82) is 0 Å². The van der Waals surface area contributed by atoms with Crippen LogP contribution in [0.25, 0.3) is 0 Å². The van der Waals surface area contributed by atoms with E-state index in [1.54, 1.807) is 0 Å². The highest BCUT2D eigenvalue weighted by Crippen LogP contribution is 2.28. The van der Waals surface area contributed by atoms with E-state index in [9.17, 15) is 0 Å². The Balaban J connectivity index is 1.97. The number of pyridine rings is 1. The number of aromatic nitrogens is 1. The Morgan fingerprint density at radius 3 is 2.62 bits per heavy atom. The third-order valence-corrected chi connectivity index (χ3v) is 3.78. The maximum atomic E-state index is 6.29.